The van der Waals surface area contributed by atoms with Gasteiger partial charge in [0.1, 0.15) is 0 Å². The predicted octanol–water partition coefficient (Wildman–Crippen LogP) is 3.18. The van der Waals surface area contributed by atoms with Crippen LogP contribution in [0.5, 0.6) is 0 Å². The Bertz CT molecular complexity index is 927. The summed E-state index contributed by atoms with van der Waals surface area (Å²) in [4.78, 5) is 16.1. The van der Waals surface area contributed by atoms with Crippen LogP contribution in [-0.2, 0) is 14.8 Å². The van der Waals surface area contributed by atoms with E-state index in [-0.39, 0.29) is 22.9 Å². The summed E-state index contributed by atoms with van der Waals surface area (Å²) in [6.45, 7) is 3.23. The summed E-state index contributed by atoms with van der Waals surface area (Å²) in [6.07, 6.45) is 3.33. The molecule has 1 fully saturated rings. The molecule has 0 bridgehead atoms. The molecule has 1 saturated heterocycles. The zero-order valence-electron chi connectivity index (χ0n) is 16.7. The van der Waals surface area contributed by atoms with Crippen molar-refractivity contribution >= 4 is 33.4 Å². The molecule has 1 aliphatic rings. The van der Waals surface area contributed by atoms with Crippen molar-refractivity contribution in [2.75, 3.05) is 24.7 Å². The molecule has 6 nitrogen and oxygen atoms in total. The number of amides is 1. The van der Waals surface area contributed by atoms with Crippen LogP contribution in [0.2, 0.25) is 0 Å². The van der Waals surface area contributed by atoms with E-state index in [1.54, 1.807) is 42.1 Å². The maximum Gasteiger partial charge on any atom is 0.241 e. The normalized spacial score (nSPS) is 17.0. The fourth-order valence-electron chi connectivity index (χ4n) is 3.44. The first-order chi connectivity index (χ1) is 13.9. The molecule has 2 aromatic rings. The number of hydrogen-bond donors (Lipinski definition) is 2. The number of nitrogens with one attached hydrogen (secondary N) is 2. The third kappa shape index (κ3) is 5.60. The van der Waals surface area contributed by atoms with Crippen molar-refractivity contribution in [3.63, 3.8) is 0 Å². The standard InChI is InChI=1S/C21H27N3O3S2/c1-16(21(25)22-19-10-6-7-11-20(19)28-2)24-14-12-17(13-15-24)23-29(26,27)18-8-4-3-5-9-18/h3-11,16-17,23H,12-15H2,1-2H3,(H,22,25). The molecular formula is C21H27N3O3S2. The molecule has 1 atom stereocenters. The predicted molar refractivity (Wildman–Crippen MR) is 118 cm³/mol. The molecule has 3 rings (SSSR count). The third-order valence-electron chi connectivity index (χ3n) is 5.20. The van der Waals surface area contributed by atoms with E-state index in [9.17, 15) is 13.2 Å². The highest BCUT2D eigenvalue weighted by atomic mass is 32.2. The average Bonchev–Trinajstić information content (AvgIpc) is 2.74. The highest BCUT2D eigenvalue weighted by Gasteiger charge is 2.29. The zero-order chi connectivity index (χ0) is 20.9. The van der Waals surface area contributed by atoms with Crippen molar-refractivity contribution in [3.8, 4) is 0 Å². The summed E-state index contributed by atoms with van der Waals surface area (Å²) >= 11 is 1.59. The van der Waals surface area contributed by atoms with Gasteiger partial charge in [0.15, 0.2) is 0 Å². The summed E-state index contributed by atoms with van der Waals surface area (Å²) in [5.41, 5.74) is 0.822. The molecule has 1 unspecified atom stereocenters. The topological polar surface area (TPSA) is 78.5 Å². The van der Waals surface area contributed by atoms with Gasteiger partial charge in [0.2, 0.25) is 15.9 Å². The lowest BCUT2D eigenvalue weighted by atomic mass is 10.0. The molecule has 0 aliphatic carbocycles. The number of carbonyl (C=O) groups is 1. The summed E-state index contributed by atoms with van der Waals surface area (Å²) in [6, 6.07) is 15.8. The van der Waals surface area contributed by atoms with E-state index in [4.69, 9.17) is 0 Å². The molecule has 0 saturated carbocycles. The van der Waals surface area contributed by atoms with Gasteiger partial charge in [0.25, 0.3) is 0 Å². The second-order valence-electron chi connectivity index (χ2n) is 7.11. The molecule has 1 aliphatic heterocycles. The van der Waals surface area contributed by atoms with Crippen molar-refractivity contribution in [3.05, 3.63) is 54.6 Å². The quantitative estimate of drug-likeness (QED) is 0.656. The molecule has 156 valence electrons. The lowest BCUT2D eigenvalue weighted by molar-refractivity contribution is -0.121. The summed E-state index contributed by atoms with van der Waals surface area (Å²) in [7, 11) is -3.51. The Morgan fingerprint density at radius 1 is 1.07 bits per heavy atom. The van der Waals surface area contributed by atoms with Crippen LogP contribution in [0.15, 0.2) is 64.4 Å². The van der Waals surface area contributed by atoms with Crippen molar-refractivity contribution in [2.24, 2.45) is 0 Å². The van der Waals surface area contributed by atoms with Crippen LogP contribution in [0.3, 0.4) is 0 Å². The second-order valence-corrected chi connectivity index (χ2v) is 9.67. The third-order valence-corrected chi connectivity index (χ3v) is 7.53. The average molecular weight is 434 g/mol. The number of para-hydroxylation sites is 1. The summed E-state index contributed by atoms with van der Waals surface area (Å²) in [5, 5.41) is 3.02. The first kappa shape index (κ1) is 21.8. The smallest absolute Gasteiger partial charge is 0.241 e. The number of carbonyl (C=O) groups excluding carboxylic acids is 1. The summed E-state index contributed by atoms with van der Waals surface area (Å²) in [5.74, 6) is -0.0465. The van der Waals surface area contributed by atoms with Gasteiger partial charge in [-0.15, -0.1) is 11.8 Å². The van der Waals surface area contributed by atoms with Crippen LogP contribution in [0.4, 0.5) is 5.69 Å². The number of sulfonamides is 1. The molecule has 2 N–H and O–H groups in total. The van der Waals surface area contributed by atoms with Crippen molar-refractivity contribution in [2.45, 2.75) is 41.6 Å². The fourth-order valence-corrected chi connectivity index (χ4v) is 5.32. The van der Waals surface area contributed by atoms with Gasteiger partial charge in [-0.2, -0.15) is 0 Å². The number of hydrogen-bond acceptors (Lipinski definition) is 5. The molecule has 0 aromatic heterocycles. The number of likely N-dealkylation sites (tertiary alicyclic amines) is 1. The molecule has 29 heavy (non-hydrogen) atoms. The van der Waals surface area contributed by atoms with Crippen molar-refractivity contribution in [1.82, 2.24) is 9.62 Å². The van der Waals surface area contributed by atoms with E-state index < -0.39 is 10.0 Å². The fraction of sp³-hybridized carbons (Fsp3) is 0.381. The minimum Gasteiger partial charge on any atom is -0.324 e. The Morgan fingerprint density at radius 3 is 2.34 bits per heavy atom. The number of thioether (sulfide) groups is 1. The highest BCUT2D eigenvalue weighted by Crippen LogP contribution is 2.25. The van der Waals surface area contributed by atoms with Gasteiger partial charge in [-0.3, -0.25) is 9.69 Å². The number of benzene rings is 2. The van der Waals surface area contributed by atoms with Crippen LogP contribution in [0.1, 0.15) is 19.8 Å². The van der Waals surface area contributed by atoms with E-state index in [1.807, 2.05) is 37.4 Å². The Kier molecular flexibility index (Phi) is 7.34. The zero-order valence-corrected chi connectivity index (χ0v) is 18.3. The lowest BCUT2D eigenvalue weighted by Gasteiger charge is -2.35. The molecule has 0 radical (unpaired) electrons. The monoisotopic (exact) mass is 433 g/mol. The maximum absolute atomic E-state index is 12.7. The van der Waals surface area contributed by atoms with Gasteiger partial charge in [-0.05, 0) is 50.3 Å². The van der Waals surface area contributed by atoms with Crippen LogP contribution >= 0.6 is 11.8 Å². The van der Waals surface area contributed by atoms with E-state index >= 15 is 0 Å². The molecular weight excluding hydrogens is 406 g/mol. The molecule has 8 heteroatoms. The first-order valence-corrected chi connectivity index (χ1v) is 12.4. The Hall–Kier alpha value is -1.87. The Morgan fingerprint density at radius 2 is 1.69 bits per heavy atom. The number of anilines is 1. The van der Waals surface area contributed by atoms with E-state index in [0.29, 0.717) is 25.9 Å². The van der Waals surface area contributed by atoms with Gasteiger partial charge < -0.3 is 5.32 Å². The van der Waals surface area contributed by atoms with Crippen LogP contribution < -0.4 is 10.0 Å². The Labute approximate surface area is 177 Å². The molecule has 0 spiro atoms. The molecule has 2 aromatic carbocycles. The lowest BCUT2D eigenvalue weighted by Crippen LogP contribution is -2.50. The molecule has 1 heterocycles. The van der Waals surface area contributed by atoms with E-state index in [2.05, 4.69) is 14.9 Å². The van der Waals surface area contributed by atoms with Gasteiger partial charge in [0, 0.05) is 24.0 Å². The van der Waals surface area contributed by atoms with Gasteiger partial charge in [-0.25, -0.2) is 13.1 Å². The van der Waals surface area contributed by atoms with Gasteiger partial charge >= 0.3 is 0 Å². The Balaban J connectivity index is 1.54. The minimum absolute atomic E-state index is 0.0465. The van der Waals surface area contributed by atoms with Crippen LogP contribution in [-0.4, -0.2) is 50.7 Å². The number of rotatable bonds is 7. The van der Waals surface area contributed by atoms with Gasteiger partial charge in [0.05, 0.1) is 16.6 Å². The van der Waals surface area contributed by atoms with Crippen LogP contribution in [0.25, 0.3) is 0 Å². The highest BCUT2D eigenvalue weighted by molar-refractivity contribution is 7.98. The van der Waals surface area contributed by atoms with Crippen LogP contribution in [0, 0.1) is 0 Å². The van der Waals surface area contributed by atoms with Crippen molar-refractivity contribution < 1.29 is 13.2 Å². The van der Waals surface area contributed by atoms with E-state index in [0.717, 1.165) is 10.6 Å². The number of nitrogens with zero attached hydrogens (tertiary/aromatic N) is 1. The van der Waals surface area contributed by atoms with E-state index in [1.165, 1.54) is 0 Å². The number of piperidine rings is 1. The van der Waals surface area contributed by atoms with Crippen molar-refractivity contribution in [1.29, 1.82) is 0 Å². The summed E-state index contributed by atoms with van der Waals surface area (Å²) < 4.78 is 27.8. The minimum atomic E-state index is -3.51. The van der Waals surface area contributed by atoms with Gasteiger partial charge in [-0.1, -0.05) is 30.3 Å². The second kappa shape index (κ2) is 9.75. The first-order valence-electron chi connectivity index (χ1n) is 9.66. The molecule has 1 amide bonds. The maximum atomic E-state index is 12.7. The largest absolute Gasteiger partial charge is 0.324 e. The SMILES string of the molecule is CSc1ccccc1NC(=O)C(C)N1CCC(NS(=O)(=O)c2ccccc2)CC1.